The fourth-order valence-electron chi connectivity index (χ4n) is 4.08. The Morgan fingerprint density at radius 1 is 0.902 bits per heavy atom. The number of hydrogen-bond donors (Lipinski definition) is 2. The van der Waals surface area contributed by atoms with E-state index in [1.807, 2.05) is 13.8 Å². The van der Waals surface area contributed by atoms with E-state index in [-0.39, 0.29) is 60.7 Å². The van der Waals surface area contributed by atoms with Gasteiger partial charge in [0.2, 0.25) is 11.8 Å². The normalized spacial score (nSPS) is 14.7. The van der Waals surface area contributed by atoms with Crippen LogP contribution in [0.5, 0.6) is 0 Å². The third kappa shape index (κ3) is 10.9. The summed E-state index contributed by atoms with van der Waals surface area (Å²) in [5.41, 5.74) is 0.758. The maximum absolute atomic E-state index is 13.0. The number of hydrogen-bond acceptors (Lipinski definition) is 7. The predicted molar refractivity (Wildman–Crippen MR) is 154 cm³/mol. The third-order valence-electron chi connectivity index (χ3n) is 6.67. The van der Waals surface area contributed by atoms with Gasteiger partial charge in [0.15, 0.2) is 5.78 Å². The molecule has 0 aliphatic carbocycles. The molecule has 1 aliphatic heterocycles. The number of rotatable bonds is 15. The summed E-state index contributed by atoms with van der Waals surface area (Å²) in [6.45, 7) is 11.1. The highest BCUT2D eigenvalue weighted by Gasteiger charge is 2.28. The lowest BCUT2D eigenvalue weighted by atomic mass is 9.92. The van der Waals surface area contributed by atoms with Crippen molar-refractivity contribution in [3.8, 4) is 0 Å². The summed E-state index contributed by atoms with van der Waals surface area (Å²) in [6.07, 6.45) is 4.50. The zero-order chi connectivity index (χ0) is 30.7. The highest BCUT2D eigenvalue weighted by Crippen LogP contribution is 2.18. The Morgan fingerprint density at radius 3 is 2.07 bits per heavy atom. The van der Waals surface area contributed by atoms with Gasteiger partial charge in [-0.15, -0.1) is 0 Å². The smallest absolute Gasteiger partial charge is 0.311 e. The number of carbonyl (C=O) groups is 6. The second-order valence-electron chi connectivity index (χ2n) is 11.8. The first kappa shape index (κ1) is 33.4. The molecule has 4 amide bonds. The van der Waals surface area contributed by atoms with Crippen LogP contribution in [0.1, 0.15) is 79.2 Å². The Kier molecular flexibility index (Phi) is 12.4. The van der Waals surface area contributed by atoms with Crippen LogP contribution >= 0.6 is 0 Å². The maximum atomic E-state index is 13.0. The van der Waals surface area contributed by atoms with Crippen LogP contribution in [0.15, 0.2) is 36.4 Å². The van der Waals surface area contributed by atoms with Crippen LogP contribution in [-0.2, 0) is 40.1 Å². The fraction of sp³-hybridized carbons (Fsp3) is 0.548. The number of benzene rings is 1. The average molecular weight is 570 g/mol. The zero-order valence-corrected chi connectivity index (χ0v) is 25.0. The standard InChI is InChI=1S/C31H43N3O7/c1-20(2)28(33-25(36)10-8-7-9-17-34-26(37)15-16-27(34)38)24(35)18-21(3)29(39)32-23-13-11-22(12-14-23)19-41-30(40)31(4,5)6/h11-16,20-21,28H,7-10,17-19H2,1-6H3,(H,32,39)(H,33,36)/t21-,28?/m1/s1. The minimum Gasteiger partial charge on any atom is -0.460 e. The summed E-state index contributed by atoms with van der Waals surface area (Å²) in [4.78, 5) is 74.5. The van der Waals surface area contributed by atoms with E-state index in [4.69, 9.17) is 4.74 Å². The first-order valence-electron chi connectivity index (χ1n) is 14.1. The summed E-state index contributed by atoms with van der Waals surface area (Å²) in [6, 6.07) is 6.23. The van der Waals surface area contributed by atoms with E-state index in [1.165, 1.54) is 17.1 Å². The number of nitrogens with one attached hydrogen (secondary N) is 2. The number of anilines is 1. The summed E-state index contributed by atoms with van der Waals surface area (Å²) in [7, 11) is 0. The van der Waals surface area contributed by atoms with Gasteiger partial charge in [0, 0.05) is 43.1 Å². The molecule has 224 valence electrons. The van der Waals surface area contributed by atoms with E-state index in [2.05, 4.69) is 10.6 Å². The van der Waals surface area contributed by atoms with E-state index in [1.54, 1.807) is 52.0 Å². The largest absolute Gasteiger partial charge is 0.460 e. The molecule has 10 heteroatoms. The third-order valence-corrected chi connectivity index (χ3v) is 6.67. The Bertz CT molecular complexity index is 1130. The molecule has 0 saturated heterocycles. The maximum Gasteiger partial charge on any atom is 0.311 e. The lowest BCUT2D eigenvalue weighted by Crippen LogP contribution is -2.45. The number of imide groups is 1. The average Bonchev–Trinajstić information content (AvgIpc) is 3.22. The Labute approximate surface area is 242 Å². The summed E-state index contributed by atoms with van der Waals surface area (Å²) in [5.74, 6) is -2.48. The van der Waals surface area contributed by atoms with Crippen molar-refractivity contribution in [3.63, 3.8) is 0 Å². The predicted octanol–water partition coefficient (Wildman–Crippen LogP) is 3.94. The van der Waals surface area contributed by atoms with Gasteiger partial charge in [-0.3, -0.25) is 33.7 Å². The van der Waals surface area contributed by atoms with Crippen LogP contribution in [0.4, 0.5) is 5.69 Å². The van der Waals surface area contributed by atoms with E-state index in [9.17, 15) is 28.8 Å². The molecule has 1 aliphatic rings. The second kappa shape index (κ2) is 15.3. The minimum absolute atomic E-state index is 0.0261. The molecule has 0 radical (unpaired) electrons. The lowest BCUT2D eigenvalue weighted by molar-refractivity contribution is -0.154. The molecule has 0 saturated carbocycles. The van der Waals surface area contributed by atoms with Gasteiger partial charge < -0.3 is 15.4 Å². The van der Waals surface area contributed by atoms with Crippen LogP contribution in [0.2, 0.25) is 0 Å². The van der Waals surface area contributed by atoms with Gasteiger partial charge in [0.05, 0.1) is 11.5 Å². The molecule has 1 aromatic rings. The van der Waals surface area contributed by atoms with Crippen LogP contribution in [-0.4, -0.2) is 52.9 Å². The summed E-state index contributed by atoms with van der Waals surface area (Å²) >= 11 is 0. The molecule has 0 aromatic heterocycles. The molecule has 1 heterocycles. The van der Waals surface area contributed by atoms with Crippen molar-refractivity contribution in [3.05, 3.63) is 42.0 Å². The molecule has 0 spiro atoms. The van der Waals surface area contributed by atoms with Crippen LogP contribution in [0, 0.1) is 17.3 Å². The number of ether oxygens (including phenoxy) is 1. The number of ketones is 1. The molecule has 2 N–H and O–H groups in total. The van der Waals surface area contributed by atoms with Crippen molar-refractivity contribution in [2.24, 2.45) is 17.3 Å². The number of amides is 4. The Balaban J connectivity index is 1.76. The van der Waals surface area contributed by atoms with Gasteiger partial charge in [0.25, 0.3) is 11.8 Å². The fourth-order valence-corrected chi connectivity index (χ4v) is 4.08. The highest BCUT2D eigenvalue weighted by atomic mass is 16.5. The highest BCUT2D eigenvalue weighted by molar-refractivity contribution is 6.12. The van der Waals surface area contributed by atoms with E-state index in [0.717, 1.165) is 5.56 Å². The van der Waals surface area contributed by atoms with E-state index in [0.29, 0.717) is 31.5 Å². The molecule has 1 aromatic carbocycles. The van der Waals surface area contributed by atoms with Gasteiger partial charge in [-0.1, -0.05) is 39.3 Å². The number of nitrogens with zero attached hydrogens (tertiary/aromatic N) is 1. The lowest BCUT2D eigenvalue weighted by Gasteiger charge is -2.23. The molecule has 41 heavy (non-hydrogen) atoms. The SMILES string of the molecule is CC(C)C(NC(=O)CCCCCN1C(=O)C=CC1=O)C(=O)C[C@@H](C)C(=O)Nc1ccc(COC(=O)C(C)(C)C)cc1. The number of Topliss-reactive ketones (excluding diaryl/α,β-unsaturated/α-hetero) is 1. The topological polar surface area (TPSA) is 139 Å². The van der Waals surface area contributed by atoms with Gasteiger partial charge in [-0.25, -0.2) is 0 Å². The number of esters is 1. The van der Waals surface area contributed by atoms with Crippen molar-refractivity contribution >= 4 is 41.1 Å². The molecule has 2 rings (SSSR count). The first-order valence-corrected chi connectivity index (χ1v) is 14.1. The minimum atomic E-state index is -0.709. The molecular formula is C31H43N3O7. The van der Waals surface area contributed by atoms with E-state index >= 15 is 0 Å². The molecule has 0 fully saturated rings. The van der Waals surface area contributed by atoms with Crippen LogP contribution in [0.3, 0.4) is 0 Å². The van der Waals surface area contributed by atoms with Crippen LogP contribution in [0.25, 0.3) is 0 Å². The number of carbonyl (C=O) groups excluding carboxylic acids is 6. The van der Waals surface area contributed by atoms with E-state index < -0.39 is 17.4 Å². The molecular weight excluding hydrogens is 526 g/mol. The monoisotopic (exact) mass is 569 g/mol. The van der Waals surface area contributed by atoms with Gasteiger partial charge in [0.1, 0.15) is 6.61 Å². The second-order valence-corrected chi connectivity index (χ2v) is 11.8. The van der Waals surface area contributed by atoms with Crippen molar-refractivity contribution in [2.75, 3.05) is 11.9 Å². The Hall–Kier alpha value is -3.82. The molecule has 0 bridgehead atoms. The van der Waals surface area contributed by atoms with Gasteiger partial charge in [-0.05, 0) is 57.2 Å². The summed E-state index contributed by atoms with van der Waals surface area (Å²) < 4.78 is 5.30. The van der Waals surface area contributed by atoms with Crippen molar-refractivity contribution in [2.45, 2.75) is 86.3 Å². The zero-order valence-electron chi connectivity index (χ0n) is 25.0. The van der Waals surface area contributed by atoms with Crippen molar-refractivity contribution < 1.29 is 33.5 Å². The number of unbranched alkanes of at least 4 members (excludes halogenated alkanes) is 2. The quantitative estimate of drug-likeness (QED) is 0.185. The molecule has 1 unspecified atom stereocenters. The van der Waals surface area contributed by atoms with Gasteiger partial charge in [-0.2, -0.15) is 0 Å². The van der Waals surface area contributed by atoms with Crippen molar-refractivity contribution in [1.29, 1.82) is 0 Å². The first-order chi connectivity index (χ1) is 19.2. The molecule has 10 nitrogen and oxygen atoms in total. The van der Waals surface area contributed by atoms with Gasteiger partial charge >= 0.3 is 5.97 Å². The van der Waals surface area contributed by atoms with Crippen LogP contribution < -0.4 is 10.6 Å². The van der Waals surface area contributed by atoms with Crippen molar-refractivity contribution in [1.82, 2.24) is 10.2 Å². The Morgan fingerprint density at radius 2 is 1.51 bits per heavy atom. The molecule has 2 atom stereocenters. The summed E-state index contributed by atoms with van der Waals surface area (Å²) in [5, 5.41) is 5.61.